The number of halogens is 1. The molecule has 0 amide bonds. The third-order valence-corrected chi connectivity index (χ3v) is 3.50. The summed E-state index contributed by atoms with van der Waals surface area (Å²) in [6, 6.07) is 8.90. The van der Waals surface area contributed by atoms with Gasteiger partial charge in [-0.15, -0.1) is 24.0 Å². The van der Waals surface area contributed by atoms with Crippen LogP contribution in [0.3, 0.4) is 0 Å². The molecule has 1 aliphatic carbocycles. The number of aliphatic imine (C=N–C) groups is 1. The van der Waals surface area contributed by atoms with E-state index in [1.807, 2.05) is 0 Å². The molecule has 5 heteroatoms. The van der Waals surface area contributed by atoms with Crippen LogP contribution < -0.4 is 10.6 Å². The molecule has 1 aliphatic rings. The predicted molar refractivity (Wildman–Crippen MR) is 94.1 cm³/mol. The van der Waals surface area contributed by atoms with Crippen molar-refractivity contribution >= 4 is 29.9 Å². The summed E-state index contributed by atoms with van der Waals surface area (Å²) in [5.74, 6) is 1.45. The lowest BCUT2D eigenvalue weighted by Gasteiger charge is -2.31. The molecule has 0 saturated carbocycles. The van der Waals surface area contributed by atoms with E-state index in [1.165, 1.54) is 11.1 Å². The first kappa shape index (κ1) is 17.2. The molecule has 112 valence electrons. The largest absolute Gasteiger partial charge is 0.383 e. The molecule has 0 fully saturated rings. The Labute approximate surface area is 138 Å². The summed E-state index contributed by atoms with van der Waals surface area (Å²) in [4.78, 5) is 4.24. The number of nitrogens with zero attached hydrogens (tertiary/aromatic N) is 1. The molecule has 0 aliphatic heterocycles. The number of nitrogens with one attached hydrogen (secondary N) is 2. The maximum absolute atomic E-state index is 5.11. The topological polar surface area (TPSA) is 45.7 Å². The molecule has 2 N–H and O–H groups in total. The van der Waals surface area contributed by atoms with Crippen LogP contribution in [-0.2, 0) is 11.2 Å². The van der Waals surface area contributed by atoms with Gasteiger partial charge in [-0.3, -0.25) is 4.99 Å². The Balaban J connectivity index is 0.00000200. The van der Waals surface area contributed by atoms with Crippen molar-refractivity contribution in [2.75, 3.05) is 27.3 Å². The summed E-state index contributed by atoms with van der Waals surface area (Å²) in [6.07, 6.45) is 1.16. The van der Waals surface area contributed by atoms with Crippen molar-refractivity contribution in [3.05, 3.63) is 35.4 Å². The van der Waals surface area contributed by atoms with Gasteiger partial charge in [0, 0.05) is 32.7 Å². The zero-order valence-corrected chi connectivity index (χ0v) is 14.7. The average Bonchev–Trinajstić information content (AvgIpc) is 2.38. The second-order valence-corrected chi connectivity index (χ2v) is 5.05. The van der Waals surface area contributed by atoms with E-state index in [0.717, 1.165) is 18.9 Å². The quantitative estimate of drug-likeness (QED) is 0.461. The molecule has 2 unspecified atom stereocenters. The van der Waals surface area contributed by atoms with Gasteiger partial charge in [0.05, 0.1) is 6.61 Å². The van der Waals surface area contributed by atoms with Crippen LogP contribution in [0.25, 0.3) is 0 Å². The summed E-state index contributed by atoms with van der Waals surface area (Å²) < 4.78 is 5.11. The van der Waals surface area contributed by atoms with Crippen molar-refractivity contribution in [2.45, 2.75) is 25.3 Å². The minimum Gasteiger partial charge on any atom is -0.383 e. The fourth-order valence-corrected chi connectivity index (χ4v) is 2.48. The Morgan fingerprint density at radius 2 is 2.20 bits per heavy atom. The van der Waals surface area contributed by atoms with Gasteiger partial charge in [-0.25, -0.2) is 0 Å². The lowest BCUT2D eigenvalue weighted by atomic mass is 9.78. The second-order valence-electron chi connectivity index (χ2n) is 5.05. The number of methoxy groups -OCH3 is 1. The van der Waals surface area contributed by atoms with Gasteiger partial charge < -0.3 is 15.4 Å². The molecule has 2 rings (SSSR count). The average molecular weight is 389 g/mol. The van der Waals surface area contributed by atoms with E-state index < -0.39 is 0 Å². The van der Waals surface area contributed by atoms with Crippen LogP contribution in [0, 0.1) is 0 Å². The van der Waals surface area contributed by atoms with Crippen LogP contribution in [0.1, 0.15) is 24.0 Å². The normalized spacial score (nSPS) is 18.4. The van der Waals surface area contributed by atoms with Crippen molar-refractivity contribution in [1.82, 2.24) is 10.6 Å². The number of guanidine groups is 1. The van der Waals surface area contributed by atoms with Crippen LogP contribution in [0.15, 0.2) is 29.3 Å². The Bertz CT molecular complexity index is 450. The fourth-order valence-electron chi connectivity index (χ4n) is 2.48. The van der Waals surface area contributed by atoms with E-state index in [0.29, 0.717) is 12.5 Å². The van der Waals surface area contributed by atoms with Gasteiger partial charge in [0.25, 0.3) is 0 Å². The smallest absolute Gasteiger partial charge is 0.191 e. The van der Waals surface area contributed by atoms with Gasteiger partial charge >= 0.3 is 0 Å². The fraction of sp³-hybridized carbons (Fsp3) is 0.533. The van der Waals surface area contributed by atoms with Gasteiger partial charge in [0.2, 0.25) is 0 Å². The number of fused-ring (bicyclic) bond motifs is 1. The van der Waals surface area contributed by atoms with Gasteiger partial charge in [0.1, 0.15) is 0 Å². The lowest BCUT2D eigenvalue weighted by Crippen LogP contribution is -2.46. The lowest BCUT2D eigenvalue weighted by molar-refractivity contribution is 0.179. The Morgan fingerprint density at radius 3 is 2.85 bits per heavy atom. The Morgan fingerprint density at radius 1 is 1.45 bits per heavy atom. The monoisotopic (exact) mass is 389 g/mol. The zero-order valence-electron chi connectivity index (χ0n) is 12.3. The van der Waals surface area contributed by atoms with Crippen LogP contribution in [0.5, 0.6) is 0 Å². The van der Waals surface area contributed by atoms with Gasteiger partial charge in [0.15, 0.2) is 5.96 Å². The number of benzene rings is 1. The number of ether oxygens (including phenoxy) is 1. The van der Waals surface area contributed by atoms with E-state index in [-0.39, 0.29) is 30.0 Å². The van der Waals surface area contributed by atoms with Crippen LogP contribution in [0.4, 0.5) is 0 Å². The van der Waals surface area contributed by atoms with E-state index in [2.05, 4.69) is 46.8 Å². The molecular formula is C15H24IN3O. The number of rotatable bonds is 5. The Kier molecular flexibility index (Phi) is 7.29. The van der Waals surface area contributed by atoms with Gasteiger partial charge in [-0.1, -0.05) is 24.3 Å². The molecule has 20 heavy (non-hydrogen) atoms. The predicted octanol–water partition coefficient (Wildman–Crippen LogP) is 2.14. The number of hydrogen-bond donors (Lipinski definition) is 2. The molecule has 1 aromatic carbocycles. The summed E-state index contributed by atoms with van der Waals surface area (Å²) in [5, 5.41) is 6.69. The van der Waals surface area contributed by atoms with E-state index in [1.54, 1.807) is 14.2 Å². The second kappa shape index (κ2) is 8.46. The highest BCUT2D eigenvalue weighted by atomic mass is 127. The third kappa shape index (κ3) is 4.34. The first-order chi connectivity index (χ1) is 9.24. The van der Waals surface area contributed by atoms with Gasteiger partial charge in [-0.2, -0.15) is 0 Å². The molecule has 0 saturated heterocycles. The van der Waals surface area contributed by atoms with Crippen molar-refractivity contribution < 1.29 is 4.74 Å². The summed E-state index contributed by atoms with van der Waals surface area (Å²) in [7, 11) is 3.50. The van der Waals surface area contributed by atoms with Crippen LogP contribution in [-0.4, -0.2) is 39.3 Å². The standard InChI is InChI=1S/C15H23N3O.HI/c1-11(10-19-3)18-15(16-2)17-9-13-8-12-6-4-5-7-14(12)13;/h4-7,11,13H,8-10H2,1-3H3,(H2,16,17,18);1H. The van der Waals surface area contributed by atoms with Crippen LogP contribution >= 0.6 is 24.0 Å². The molecule has 0 heterocycles. The minimum atomic E-state index is 0. The highest BCUT2D eigenvalue weighted by molar-refractivity contribution is 14.0. The van der Waals surface area contributed by atoms with E-state index >= 15 is 0 Å². The third-order valence-electron chi connectivity index (χ3n) is 3.50. The zero-order chi connectivity index (χ0) is 13.7. The molecule has 0 bridgehead atoms. The summed E-state index contributed by atoms with van der Waals surface area (Å²) in [6.45, 7) is 3.68. The summed E-state index contributed by atoms with van der Waals surface area (Å²) in [5.41, 5.74) is 2.94. The number of hydrogen-bond acceptors (Lipinski definition) is 2. The van der Waals surface area contributed by atoms with Gasteiger partial charge in [-0.05, 0) is 24.5 Å². The first-order valence-corrected chi connectivity index (χ1v) is 6.78. The first-order valence-electron chi connectivity index (χ1n) is 6.78. The van der Waals surface area contributed by atoms with E-state index in [4.69, 9.17) is 4.74 Å². The maximum atomic E-state index is 5.11. The van der Waals surface area contributed by atoms with Crippen molar-refractivity contribution in [3.8, 4) is 0 Å². The van der Waals surface area contributed by atoms with Crippen molar-refractivity contribution in [2.24, 2.45) is 4.99 Å². The minimum absolute atomic E-state index is 0. The highest BCUT2D eigenvalue weighted by Crippen LogP contribution is 2.33. The Hall–Kier alpha value is -0.820. The highest BCUT2D eigenvalue weighted by Gasteiger charge is 2.25. The van der Waals surface area contributed by atoms with Crippen molar-refractivity contribution in [1.29, 1.82) is 0 Å². The molecule has 0 spiro atoms. The molecule has 2 atom stereocenters. The van der Waals surface area contributed by atoms with Crippen LogP contribution in [0.2, 0.25) is 0 Å². The van der Waals surface area contributed by atoms with Crippen molar-refractivity contribution in [3.63, 3.8) is 0 Å². The SMILES string of the molecule is CN=C(NCC1Cc2ccccc21)NC(C)COC.I. The molecule has 4 nitrogen and oxygen atoms in total. The summed E-state index contributed by atoms with van der Waals surface area (Å²) >= 11 is 0. The maximum Gasteiger partial charge on any atom is 0.191 e. The molecule has 0 aromatic heterocycles. The molecular weight excluding hydrogens is 365 g/mol. The molecule has 0 radical (unpaired) electrons. The molecule has 1 aromatic rings. The van der Waals surface area contributed by atoms with E-state index in [9.17, 15) is 0 Å².